The molecule has 1 heterocycles. The molecule has 1 saturated heterocycles. The van der Waals surface area contributed by atoms with Crippen LogP contribution in [0.3, 0.4) is 0 Å². The highest BCUT2D eigenvalue weighted by Crippen LogP contribution is 2.47. The molecule has 0 aromatic heterocycles. The zero-order chi connectivity index (χ0) is 29.9. The van der Waals surface area contributed by atoms with Gasteiger partial charge in [0, 0.05) is 25.5 Å². The molecule has 3 aliphatic rings. The fourth-order valence-electron chi connectivity index (χ4n) is 4.96. The maximum absolute atomic E-state index is 13.6. The third-order valence-electron chi connectivity index (χ3n) is 7.95. The molecule has 224 valence electrons. The third kappa shape index (κ3) is 6.66. The highest BCUT2D eigenvalue weighted by molar-refractivity contribution is 7.91. The van der Waals surface area contributed by atoms with Crippen molar-refractivity contribution in [2.75, 3.05) is 13.2 Å². The van der Waals surface area contributed by atoms with Gasteiger partial charge in [-0.3, -0.25) is 19.1 Å². The number of nitrogens with zero attached hydrogens (tertiary/aromatic N) is 1. The zero-order valence-corrected chi connectivity index (χ0v) is 23.7. The lowest BCUT2D eigenvalue weighted by atomic mass is 10.1. The number of ether oxygens (including phenoxy) is 1. The number of amides is 4. The van der Waals surface area contributed by atoms with Gasteiger partial charge in [0.25, 0.3) is 5.91 Å². The molecule has 1 aliphatic heterocycles. The van der Waals surface area contributed by atoms with Gasteiger partial charge in [-0.05, 0) is 45.4 Å². The van der Waals surface area contributed by atoms with Crippen molar-refractivity contribution in [3.8, 4) is 0 Å². The van der Waals surface area contributed by atoms with E-state index in [4.69, 9.17) is 4.74 Å². The Balaban J connectivity index is 1.78. The van der Waals surface area contributed by atoms with Crippen molar-refractivity contribution >= 4 is 33.8 Å². The average molecular weight is 585 g/mol. The fourth-order valence-corrected chi connectivity index (χ4v) is 6.27. The standard InChI is InChI=1S/C26H40N4O9S/c1-5-8-9-12-39-19(7-3)20(27-24(35)36)22(33)30-15-17(31)13-18(30)21(32)28-26(14-16(26)6-2)23(34)29-40(37,38)25(4)10-11-25/h5-6,16-20,27,31H,1-2,7-15H2,3-4H3,(H,28,32)(H,29,34)(H,35,36)/t16-,17-,18+,19+,20+,26-/m1/s1. The Kier molecular flexibility index (Phi) is 9.68. The molecule has 2 aliphatic carbocycles. The molecule has 5 N–H and O–H groups in total. The number of aliphatic hydroxyl groups excluding tert-OH is 1. The first kappa shape index (κ1) is 31.6. The van der Waals surface area contributed by atoms with Crippen molar-refractivity contribution in [3.63, 3.8) is 0 Å². The van der Waals surface area contributed by atoms with Crippen LogP contribution in [0.4, 0.5) is 4.79 Å². The molecule has 6 atom stereocenters. The van der Waals surface area contributed by atoms with E-state index in [-0.39, 0.29) is 32.4 Å². The Bertz CT molecular complexity index is 1140. The Morgan fingerprint density at radius 3 is 2.42 bits per heavy atom. The number of hydrogen-bond donors (Lipinski definition) is 5. The number of unbranched alkanes of at least 4 members (excludes halogenated alkanes) is 1. The molecular weight excluding hydrogens is 544 g/mol. The van der Waals surface area contributed by atoms with Crippen molar-refractivity contribution in [2.24, 2.45) is 5.92 Å². The van der Waals surface area contributed by atoms with Gasteiger partial charge in [-0.1, -0.05) is 19.1 Å². The van der Waals surface area contributed by atoms with Crippen LogP contribution in [-0.4, -0.2) is 95.1 Å². The van der Waals surface area contributed by atoms with E-state index in [2.05, 4.69) is 28.5 Å². The third-order valence-corrected chi connectivity index (χ3v) is 10.1. The van der Waals surface area contributed by atoms with Gasteiger partial charge in [-0.15, -0.1) is 13.2 Å². The molecule has 0 radical (unpaired) electrons. The number of aliphatic hydroxyl groups is 1. The van der Waals surface area contributed by atoms with E-state index in [9.17, 15) is 37.8 Å². The minimum atomic E-state index is -3.97. The van der Waals surface area contributed by atoms with Gasteiger partial charge in [0.2, 0.25) is 21.8 Å². The van der Waals surface area contributed by atoms with E-state index in [1.165, 1.54) is 13.0 Å². The van der Waals surface area contributed by atoms with E-state index in [1.807, 2.05) is 0 Å². The SMILES string of the molecule is C=CCCCO[C@@H](CC)[C@H](NC(=O)O)C(=O)N1C[C@H](O)C[C@H]1C(=O)N[C@]1(C(=O)NS(=O)(=O)C2(C)CC2)C[C@H]1C=C. The van der Waals surface area contributed by atoms with Crippen LogP contribution in [0, 0.1) is 5.92 Å². The summed E-state index contributed by atoms with van der Waals surface area (Å²) in [6.07, 6.45) is 2.15. The molecule has 0 aromatic rings. The Morgan fingerprint density at radius 2 is 1.90 bits per heavy atom. The smallest absolute Gasteiger partial charge is 0.405 e. The molecule has 0 bridgehead atoms. The van der Waals surface area contributed by atoms with Crippen LogP contribution >= 0.6 is 0 Å². The van der Waals surface area contributed by atoms with Crippen LogP contribution in [0.1, 0.15) is 58.8 Å². The van der Waals surface area contributed by atoms with Crippen molar-refractivity contribution in [2.45, 2.75) is 93.4 Å². The first-order chi connectivity index (χ1) is 18.7. The highest BCUT2D eigenvalue weighted by atomic mass is 32.2. The number of nitrogens with one attached hydrogen (secondary N) is 3. The molecule has 2 saturated carbocycles. The summed E-state index contributed by atoms with van der Waals surface area (Å²) in [5.41, 5.74) is -1.57. The van der Waals surface area contributed by atoms with E-state index >= 15 is 0 Å². The topological polar surface area (TPSA) is 191 Å². The number of allylic oxidation sites excluding steroid dienone is 1. The number of carbonyl (C=O) groups is 4. The van der Waals surface area contributed by atoms with E-state index in [1.54, 1.807) is 13.0 Å². The molecule has 4 amide bonds. The normalized spacial score (nSPS) is 28.1. The Hall–Kier alpha value is -2.97. The molecule has 0 aromatic carbocycles. The van der Waals surface area contributed by atoms with Crippen LogP contribution in [0.5, 0.6) is 0 Å². The predicted molar refractivity (Wildman–Crippen MR) is 144 cm³/mol. The van der Waals surface area contributed by atoms with Crippen LogP contribution in [-0.2, 0) is 29.1 Å². The molecule has 3 fully saturated rings. The second-order valence-corrected chi connectivity index (χ2v) is 13.2. The molecular formula is C26H40N4O9S. The molecule has 13 nitrogen and oxygen atoms in total. The highest BCUT2D eigenvalue weighted by Gasteiger charge is 2.63. The summed E-state index contributed by atoms with van der Waals surface area (Å²) >= 11 is 0. The maximum Gasteiger partial charge on any atom is 0.405 e. The number of likely N-dealkylation sites (tertiary alicyclic amines) is 1. The molecule has 40 heavy (non-hydrogen) atoms. The molecule has 3 rings (SSSR count). The minimum Gasteiger partial charge on any atom is -0.465 e. The van der Waals surface area contributed by atoms with Gasteiger partial charge >= 0.3 is 6.09 Å². The summed E-state index contributed by atoms with van der Waals surface area (Å²) in [6.45, 7) is 10.6. The van der Waals surface area contributed by atoms with Crippen molar-refractivity contribution < 1.29 is 42.5 Å². The second-order valence-electron chi connectivity index (χ2n) is 11.0. The molecule has 0 spiro atoms. The van der Waals surface area contributed by atoms with Crippen LogP contribution in [0.2, 0.25) is 0 Å². The lowest BCUT2D eigenvalue weighted by Gasteiger charge is -2.32. The van der Waals surface area contributed by atoms with Crippen molar-refractivity contribution in [3.05, 3.63) is 25.3 Å². The quantitative estimate of drug-likeness (QED) is 0.134. The fraction of sp³-hybridized carbons (Fsp3) is 0.692. The van der Waals surface area contributed by atoms with Crippen LogP contribution in [0.15, 0.2) is 25.3 Å². The van der Waals surface area contributed by atoms with E-state index < -0.39 is 74.3 Å². The lowest BCUT2D eigenvalue weighted by Crippen LogP contribution is -2.60. The lowest BCUT2D eigenvalue weighted by molar-refractivity contribution is -0.144. The minimum absolute atomic E-state index is 0.114. The Morgan fingerprint density at radius 1 is 1.23 bits per heavy atom. The zero-order valence-electron chi connectivity index (χ0n) is 22.9. The molecule has 0 unspecified atom stereocenters. The molecule has 14 heteroatoms. The number of hydrogen-bond acceptors (Lipinski definition) is 8. The average Bonchev–Trinajstić information content (AvgIpc) is 3.78. The van der Waals surface area contributed by atoms with E-state index in [0.29, 0.717) is 25.7 Å². The maximum atomic E-state index is 13.6. The van der Waals surface area contributed by atoms with Crippen LogP contribution in [0.25, 0.3) is 0 Å². The number of carboxylic acid groups (broad SMARTS) is 1. The summed E-state index contributed by atoms with van der Waals surface area (Å²) < 4.78 is 32.2. The first-order valence-electron chi connectivity index (χ1n) is 13.5. The van der Waals surface area contributed by atoms with Crippen molar-refractivity contribution in [1.82, 2.24) is 20.3 Å². The van der Waals surface area contributed by atoms with Gasteiger partial charge in [-0.25, -0.2) is 13.2 Å². The van der Waals surface area contributed by atoms with Crippen molar-refractivity contribution in [1.29, 1.82) is 0 Å². The number of carbonyl (C=O) groups excluding carboxylic acids is 3. The summed E-state index contributed by atoms with van der Waals surface area (Å²) in [5, 5.41) is 24.6. The summed E-state index contributed by atoms with van der Waals surface area (Å²) in [7, 11) is -3.97. The van der Waals surface area contributed by atoms with Crippen LogP contribution < -0.4 is 15.4 Å². The number of rotatable bonds is 15. The van der Waals surface area contributed by atoms with Gasteiger partial charge in [0.05, 0.1) is 17.0 Å². The number of β-amino-alcohol motifs (C(OH)–C–C–N with tert-alkyl or cyclic N) is 1. The number of sulfonamides is 1. The van der Waals surface area contributed by atoms with Gasteiger partial charge in [0.15, 0.2) is 0 Å². The monoisotopic (exact) mass is 584 g/mol. The van der Waals surface area contributed by atoms with Gasteiger partial charge in [-0.2, -0.15) is 0 Å². The predicted octanol–water partition coefficient (Wildman–Crippen LogP) is 0.405. The van der Waals surface area contributed by atoms with E-state index in [0.717, 1.165) is 4.90 Å². The Labute approximate surface area is 234 Å². The van der Waals surface area contributed by atoms with Gasteiger partial charge in [0.1, 0.15) is 17.6 Å². The summed E-state index contributed by atoms with van der Waals surface area (Å²) in [4.78, 5) is 52.9. The largest absolute Gasteiger partial charge is 0.465 e. The van der Waals surface area contributed by atoms with Gasteiger partial charge < -0.3 is 30.5 Å². The first-order valence-corrected chi connectivity index (χ1v) is 15.0. The second kappa shape index (κ2) is 12.3. The summed E-state index contributed by atoms with van der Waals surface area (Å²) in [5.74, 6) is -2.95. The summed E-state index contributed by atoms with van der Waals surface area (Å²) in [6, 6.07) is -2.58.